The number of hydrogen-bond acceptors (Lipinski definition) is 13. The number of aliphatic hydroxyl groups excluding tert-OH is 3. The SMILES string of the molecule is COC(=O)[C@]12OC[C@]34[C@H]([C@@H](O)[C@@H]1O)[C@@]1(C)CC(=O)[C@H](O)[C@@H](C)[C@@H]1C[C@H]3OC(=O)[C@H](OC(=O)/C=C(/C)C(C)(C)OC(C)=O)[C@@H]24. The van der Waals surface area contributed by atoms with Gasteiger partial charge in [-0.2, -0.15) is 0 Å². The van der Waals surface area contributed by atoms with Crippen LogP contribution in [0.4, 0.5) is 0 Å². The second kappa shape index (κ2) is 10.1. The lowest BCUT2D eigenvalue weighted by Crippen LogP contribution is -2.79. The van der Waals surface area contributed by atoms with Gasteiger partial charge in [0.05, 0.1) is 25.7 Å². The van der Waals surface area contributed by atoms with Crippen LogP contribution in [-0.4, -0.2) is 100 Å². The summed E-state index contributed by atoms with van der Waals surface area (Å²) in [6, 6.07) is 0. The number of Topliss-reactive ketones (excluding diaryl/α,β-unsaturated/α-hetero) is 1. The molecule has 0 radical (unpaired) electrons. The molecule has 13 nitrogen and oxygen atoms in total. The second-order valence-electron chi connectivity index (χ2n) is 13.6. The Morgan fingerprint density at radius 1 is 1.09 bits per heavy atom. The fourth-order valence-corrected chi connectivity index (χ4v) is 9.17. The monoisotopic (exact) mass is 608 g/mol. The van der Waals surface area contributed by atoms with Gasteiger partial charge in [-0.15, -0.1) is 0 Å². The predicted molar refractivity (Wildman–Crippen MR) is 142 cm³/mol. The maximum atomic E-state index is 13.7. The highest BCUT2D eigenvalue weighted by Gasteiger charge is 2.85. The van der Waals surface area contributed by atoms with Crippen molar-refractivity contribution >= 4 is 29.7 Å². The normalized spacial score (nSPS) is 45.3. The second-order valence-corrected chi connectivity index (χ2v) is 13.6. The number of hydrogen-bond donors (Lipinski definition) is 3. The molecule has 0 unspecified atom stereocenters. The van der Waals surface area contributed by atoms with E-state index in [1.54, 1.807) is 27.7 Å². The van der Waals surface area contributed by atoms with Gasteiger partial charge in [-0.25, -0.2) is 14.4 Å². The Hall–Kier alpha value is -2.87. The van der Waals surface area contributed by atoms with E-state index in [0.717, 1.165) is 13.2 Å². The number of carbonyl (C=O) groups excluding carboxylic acids is 5. The van der Waals surface area contributed by atoms with Crippen LogP contribution < -0.4 is 0 Å². The third-order valence-corrected chi connectivity index (χ3v) is 11.2. The Labute approximate surface area is 248 Å². The van der Waals surface area contributed by atoms with E-state index in [4.69, 9.17) is 23.7 Å². The smallest absolute Gasteiger partial charge is 0.348 e. The van der Waals surface area contributed by atoms with Gasteiger partial charge in [0.25, 0.3) is 0 Å². The van der Waals surface area contributed by atoms with Crippen LogP contribution in [-0.2, 0) is 47.7 Å². The Morgan fingerprint density at radius 3 is 2.35 bits per heavy atom. The summed E-state index contributed by atoms with van der Waals surface area (Å²) in [7, 11) is 1.07. The zero-order chi connectivity index (χ0) is 32.0. The minimum absolute atomic E-state index is 0.129. The Kier molecular flexibility index (Phi) is 7.40. The molecule has 13 heteroatoms. The molecule has 1 spiro atoms. The van der Waals surface area contributed by atoms with Gasteiger partial charge >= 0.3 is 23.9 Å². The maximum Gasteiger partial charge on any atom is 0.348 e. The largest absolute Gasteiger partial charge is 0.467 e. The van der Waals surface area contributed by atoms with Gasteiger partial charge in [-0.05, 0) is 50.0 Å². The molecule has 2 heterocycles. The van der Waals surface area contributed by atoms with E-state index in [1.165, 1.54) is 13.8 Å². The lowest BCUT2D eigenvalue weighted by molar-refractivity contribution is -0.298. The molecule has 5 aliphatic rings. The van der Waals surface area contributed by atoms with Crippen molar-refractivity contribution in [3.05, 3.63) is 11.6 Å². The lowest BCUT2D eigenvalue weighted by Gasteiger charge is -2.68. The van der Waals surface area contributed by atoms with Gasteiger partial charge in [0.2, 0.25) is 11.7 Å². The van der Waals surface area contributed by atoms with E-state index in [2.05, 4.69) is 0 Å². The van der Waals surface area contributed by atoms with Crippen molar-refractivity contribution in [2.75, 3.05) is 13.7 Å². The van der Waals surface area contributed by atoms with Crippen LogP contribution in [0.25, 0.3) is 0 Å². The fraction of sp³-hybridized carbons (Fsp3) is 0.767. The Morgan fingerprint density at radius 2 is 1.74 bits per heavy atom. The molecule has 12 atom stereocenters. The van der Waals surface area contributed by atoms with Crippen LogP contribution in [0.15, 0.2) is 11.6 Å². The number of ether oxygens (including phenoxy) is 5. The quantitative estimate of drug-likeness (QED) is 0.215. The summed E-state index contributed by atoms with van der Waals surface area (Å²) in [5.41, 5.74) is -5.56. The minimum atomic E-state index is -2.30. The van der Waals surface area contributed by atoms with Crippen molar-refractivity contribution in [2.45, 2.75) is 96.1 Å². The van der Waals surface area contributed by atoms with E-state index in [9.17, 15) is 39.3 Å². The molecule has 0 aromatic carbocycles. The van der Waals surface area contributed by atoms with Crippen LogP contribution >= 0.6 is 0 Å². The highest BCUT2D eigenvalue weighted by molar-refractivity contribution is 5.90. The first-order valence-electron chi connectivity index (χ1n) is 14.5. The van der Waals surface area contributed by atoms with Crippen LogP contribution in [0.1, 0.15) is 54.4 Å². The first-order valence-corrected chi connectivity index (χ1v) is 14.5. The molecule has 0 amide bonds. The molecular weight excluding hydrogens is 568 g/mol. The molecule has 2 saturated heterocycles. The number of aliphatic hydroxyl groups is 3. The Bertz CT molecular complexity index is 1290. The highest BCUT2D eigenvalue weighted by atomic mass is 16.6. The number of carbonyl (C=O) groups is 5. The summed E-state index contributed by atoms with van der Waals surface area (Å²) in [5, 5.41) is 34.1. The zero-order valence-electron chi connectivity index (χ0n) is 25.3. The molecule has 238 valence electrons. The van der Waals surface area contributed by atoms with Crippen LogP contribution in [0.3, 0.4) is 0 Å². The first kappa shape index (κ1) is 31.6. The third kappa shape index (κ3) is 4.14. The summed E-state index contributed by atoms with van der Waals surface area (Å²) >= 11 is 0. The Balaban J connectivity index is 1.63. The molecule has 3 N–H and O–H groups in total. The third-order valence-electron chi connectivity index (χ3n) is 11.2. The van der Waals surface area contributed by atoms with Crippen molar-refractivity contribution in [3.63, 3.8) is 0 Å². The minimum Gasteiger partial charge on any atom is -0.467 e. The van der Waals surface area contributed by atoms with Crippen molar-refractivity contribution in [1.29, 1.82) is 0 Å². The molecule has 3 saturated carbocycles. The number of esters is 4. The number of rotatable bonds is 5. The predicted octanol–water partition coefficient (Wildman–Crippen LogP) is 0.00380. The van der Waals surface area contributed by atoms with E-state index in [1.807, 2.05) is 0 Å². The molecule has 43 heavy (non-hydrogen) atoms. The van der Waals surface area contributed by atoms with Gasteiger partial charge in [0.1, 0.15) is 23.9 Å². The topological polar surface area (TPSA) is 192 Å². The van der Waals surface area contributed by atoms with Crippen molar-refractivity contribution < 1.29 is 63.0 Å². The molecule has 5 fully saturated rings. The summed E-state index contributed by atoms with van der Waals surface area (Å²) in [6.07, 6.45) is -6.41. The van der Waals surface area contributed by atoms with Gasteiger partial charge in [-0.3, -0.25) is 9.59 Å². The number of ketones is 1. The van der Waals surface area contributed by atoms with E-state index < -0.39 is 106 Å². The molecule has 2 bridgehead atoms. The van der Waals surface area contributed by atoms with E-state index >= 15 is 0 Å². The van der Waals surface area contributed by atoms with Crippen molar-refractivity contribution in [1.82, 2.24) is 0 Å². The summed E-state index contributed by atoms with van der Waals surface area (Å²) in [4.78, 5) is 65.0. The summed E-state index contributed by atoms with van der Waals surface area (Å²) < 4.78 is 28.0. The number of fused-ring (bicyclic) bond motifs is 2. The van der Waals surface area contributed by atoms with E-state index in [0.29, 0.717) is 5.57 Å². The molecular formula is C30H40O13. The zero-order valence-corrected chi connectivity index (χ0v) is 25.3. The maximum absolute atomic E-state index is 13.7. The van der Waals surface area contributed by atoms with Crippen molar-refractivity contribution in [2.24, 2.45) is 34.5 Å². The van der Waals surface area contributed by atoms with Crippen molar-refractivity contribution in [3.8, 4) is 0 Å². The lowest BCUT2D eigenvalue weighted by atomic mass is 9.37. The molecule has 2 aliphatic heterocycles. The first-order chi connectivity index (χ1) is 19.9. The average Bonchev–Trinajstić information content (AvgIpc) is 3.21. The highest BCUT2D eigenvalue weighted by Crippen LogP contribution is 2.73. The molecule has 3 aliphatic carbocycles. The van der Waals surface area contributed by atoms with Crippen LogP contribution in [0.5, 0.6) is 0 Å². The molecule has 0 aromatic heterocycles. The van der Waals surface area contributed by atoms with Crippen LogP contribution in [0, 0.1) is 34.5 Å². The summed E-state index contributed by atoms with van der Waals surface area (Å²) in [6.45, 7) is 9.14. The molecule has 5 rings (SSSR count). The average molecular weight is 609 g/mol. The van der Waals surface area contributed by atoms with Gasteiger partial charge in [0, 0.05) is 30.8 Å². The van der Waals surface area contributed by atoms with Gasteiger partial charge in [0.15, 0.2) is 5.78 Å². The number of methoxy groups -OCH3 is 1. The fourth-order valence-electron chi connectivity index (χ4n) is 9.17. The molecule has 0 aromatic rings. The summed E-state index contributed by atoms with van der Waals surface area (Å²) in [5.74, 6) is -7.31. The van der Waals surface area contributed by atoms with Crippen LogP contribution in [0.2, 0.25) is 0 Å². The van der Waals surface area contributed by atoms with Gasteiger partial charge in [-0.1, -0.05) is 13.8 Å². The standard InChI is InChI=1S/C30H40O13/c1-12(27(4,5)43-14(3)31)8-18(33)42-21-23-29-11-40-30(23,26(38)39-7)24(36)20(35)22(29)28(6)10-16(32)19(34)13(2)15(28)9-17(29)41-25(21)37/h8,13,15,17,19-24,34-36H,9-11H2,1-7H3/b12-8-/t13-,15-,17+,19+,20+,21+,22+,23+,24-,28-,29+,30+/m0/s1. The van der Waals surface area contributed by atoms with Gasteiger partial charge < -0.3 is 39.0 Å². The van der Waals surface area contributed by atoms with E-state index in [-0.39, 0.29) is 19.4 Å².